The molecule has 32 valence electrons. The zero-order valence-corrected chi connectivity index (χ0v) is 3.21. The Morgan fingerprint density at radius 2 is 1.25 bits per heavy atom. The van der Waals surface area contributed by atoms with Crippen LogP contribution in [-0.2, 0) is 36.8 Å². The Labute approximate surface area is 44.6 Å². The summed E-state index contributed by atoms with van der Waals surface area (Å²) < 4.78 is 8.06. The predicted molar refractivity (Wildman–Crippen MR) is 7.42 cm³/mol. The van der Waals surface area contributed by atoms with Crippen molar-refractivity contribution >= 4 is 0 Å². The molecule has 0 atom stereocenters. The topological polar surface area (TPSA) is 17.1 Å². The number of rotatable bonds is 0. The molecule has 1 radical (unpaired) electrons. The zero-order valence-electron chi connectivity index (χ0n) is 1.09. The molecule has 0 spiro atoms. The van der Waals surface area contributed by atoms with Gasteiger partial charge in [-0.15, -0.1) is 0 Å². The van der Waals surface area contributed by atoms with Crippen molar-refractivity contribution in [1.82, 2.24) is 0 Å². The molecule has 4 heavy (non-hydrogen) atoms. The van der Waals surface area contributed by atoms with E-state index < -0.39 is 0 Å². The molecule has 0 aliphatic heterocycles. The van der Waals surface area contributed by atoms with E-state index in [1.165, 1.54) is 0 Å². The van der Waals surface area contributed by atoms with Gasteiger partial charge in [0.25, 0.3) is 0 Å². The second-order valence-electron chi connectivity index (χ2n) is 0. The zero-order chi connectivity index (χ0) is 2.00. The average molecular weight is 151 g/mol. The van der Waals surface area contributed by atoms with E-state index in [9.17, 15) is 0 Å². The summed E-state index contributed by atoms with van der Waals surface area (Å²) >= 11 is 1.69. The van der Waals surface area contributed by atoms with Crippen LogP contribution in [0.5, 0.6) is 0 Å². The van der Waals surface area contributed by atoms with Gasteiger partial charge in [-0.3, -0.25) is 0 Å². The van der Waals surface area contributed by atoms with Gasteiger partial charge in [0, 0.05) is 17.1 Å². The van der Waals surface area contributed by atoms with Gasteiger partial charge in [0.1, 0.15) is 0 Å². The standard InChI is InChI=1S/CH4.Cu.Mn.O/h1H4;;;. The van der Waals surface area contributed by atoms with Crippen molar-refractivity contribution in [3.63, 3.8) is 0 Å². The van der Waals surface area contributed by atoms with Crippen LogP contribution in [0.3, 0.4) is 0 Å². The van der Waals surface area contributed by atoms with E-state index in [1.807, 2.05) is 0 Å². The SMILES string of the molecule is C.[Cu].[O]=[Mn]. The molecule has 0 amide bonds. The van der Waals surface area contributed by atoms with Gasteiger partial charge in [0.15, 0.2) is 0 Å². The molecule has 0 fully saturated rings. The summed E-state index contributed by atoms with van der Waals surface area (Å²) in [5.41, 5.74) is 0. The van der Waals surface area contributed by atoms with Crippen LogP contribution in [0.1, 0.15) is 7.43 Å². The van der Waals surface area contributed by atoms with E-state index in [2.05, 4.69) is 0 Å². The molecule has 0 saturated carbocycles. The quantitative estimate of drug-likeness (QED) is 0.460. The summed E-state index contributed by atoms with van der Waals surface area (Å²) in [5, 5.41) is 0. The molecule has 0 aromatic rings. The molecule has 0 rings (SSSR count). The van der Waals surface area contributed by atoms with Gasteiger partial charge in [-0.1, -0.05) is 7.43 Å². The van der Waals surface area contributed by atoms with Crippen molar-refractivity contribution in [2.24, 2.45) is 0 Å². The summed E-state index contributed by atoms with van der Waals surface area (Å²) in [4.78, 5) is 0. The Morgan fingerprint density at radius 1 is 1.25 bits per heavy atom. The van der Waals surface area contributed by atoms with E-state index in [-0.39, 0.29) is 24.5 Å². The molecule has 0 aromatic carbocycles. The Kier molecular flexibility index (Phi) is 232. The second kappa shape index (κ2) is 44.0. The van der Waals surface area contributed by atoms with Crippen molar-refractivity contribution < 1.29 is 36.8 Å². The summed E-state index contributed by atoms with van der Waals surface area (Å²) in [6.07, 6.45) is 0. The van der Waals surface area contributed by atoms with Crippen LogP contribution in [0.2, 0.25) is 0 Å². The summed E-state index contributed by atoms with van der Waals surface area (Å²) in [5.74, 6) is 0. The van der Waals surface area contributed by atoms with Gasteiger partial charge in [-0.25, -0.2) is 0 Å². The van der Waals surface area contributed by atoms with Gasteiger partial charge in [-0.05, 0) is 0 Å². The van der Waals surface area contributed by atoms with Gasteiger partial charge in [0.2, 0.25) is 0 Å². The van der Waals surface area contributed by atoms with Crippen molar-refractivity contribution in [3.8, 4) is 0 Å². The molecule has 0 unspecified atom stereocenters. The first kappa shape index (κ1) is 21.1. The summed E-state index contributed by atoms with van der Waals surface area (Å²) in [6, 6.07) is 0. The Hall–Kier alpha value is 0.839. The summed E-state index contributed by atoms with van der Waals surface area (Å²) in [6.45, 7) is 0. The molecule has 0 N–H and O–H groups in total. The Bertz CT molecular complexity index is 8.00. The molecule has 0 aliphatic rings. The van der Waals surface area contributed by atoms with Crippen molar-refractivity contribution in [2.45, 2.75) is 7.43 Å². The van der Waals surface area contributed by atoms with E-state index in [0.717, 1.165) is 0 Å². The summed E-state index contributed by atoms with van der Waals surface area (Å²) in [7, 11) is 0. The third-order valence-corrected chi connectivity index (χ3v) is 0. The fourth-order valence-corrected chi connectivity index (χ4v) is 0. The van der Waals surface area contributed by atoms with Crippen LogP contribution in [0, 0.1) is 0 Å². The van der Waals surface area contributed by atoms with Crippen molar-refractivity contribution in [2.75, 3.05) is 0 Å². The van der Waals surface area contributed by atoms with Gasteiger partial charge >= 0.3 is 19.8 Å². The average Bonchev–Trinajstić information content (AvgIpc) is 1.00. The fraction of sp³-hybridized carbons (Fsp3) is 1.00. The fourth-order valence-electron chi connectivity index (χ4n) is 0. The van der Waals surface area contributed by atoms with Gasteiger partial charge < -0.3 is 0 Å². The Morgan fingerprint density at radius 3 is 1.25 bits per heavy atom. The minimum absolute atomic E-state index is 0. The molecular weight excluding hydrogens is 146 g/mol. The molecular formula is CH4CuMnO. The molecule has 0 aromatic heterocycles. The van der Waals surface area contributed by atoms with E-state index in [1.54, 1.807) is 15.9 Å². The maximum absolute atomic E-state index is 8.06. The normalized spacial score (nSPS) is 1.00. The van der Waals surface area contributed by atoms with Crippen LogP contribution in [0.15, 0.2) is 0 Å². The third kappa shape index (κ3) is 13.6. The van der Waals surface area contributed by atoms with Crippen molar-refractivity contribution in [3.05, 3.63) is 0 Å². The number of hydrogen-bond acceptors (Lipinski definition) is 1. The predicted octanol–water partition coefficient (Wildman–Crippen LogP) is 0.512. The Balaban J connectivity index is -0.00000000500. The van der Waals surface area contributed by atoms with Gasteiger partial charge in [0.05, 0.1) is 0 Å². The van der Waals surface area contributed by atoms with Crippen LogP contribution in [0.25, 0.3) is 0 Å². The first-order valence-electron chi connectivity index (χ1n) is 0.154. The van der Waals surface area contributed by atoms with Gasteiger partial charge in [-0.2, -0.15) is 0 Å². The van der Waals surface area contributed by atoms with Crippen LogP contribution >= 0.6 is 0 Å². The first-order valence-corrected chi connectivity index (χ1v) is 0.636. The molecule has 0 saturated heterocycles. The van der Waals surface area contributed by atoms with Crippen LogP contribution < -0.4 is 0 Å². The molecule has 0 heterocycles. The molecule has 3 heteroatoms. The maximum atomic E-state index is 8.06. The molecule has 0 aliphatic carbocycles. The molecule has 1 nitrogen and oxygen atoms in total. The van der Waals surface area contributed by atoms with Crippen LogP contribution in [-0.4, -0.2) is 0 Å². The second-order valence-corrected chi connectivity index (χ2v) is 0. The van der Waals surface area contributed by atoms with E-state index >= 15 is 0 Å². The first-order chi connectivity index (χ1) is 1.00. The monoisotopic (exact) mass is 150 g/mol. The van der Waals surface area contributed by atoms with E-state index in [4.69, 9.17) is 3.83 Å². The number of hydrogen-bond donors (Lipinski definition) is 0. The van der Waals surface area contributed by atoms with E-state index in [0.29, 0.717) is 0 Å². The minimum atomic E-state index is 0. The molecule has 0 bridgehead atoms. The third-order valence-electron chi connectivity index (χ3n) is 0. The van der Waals surface area contributed by atoms with Crippen molar-refractivity contribution in [1.29, 1.82) is 0 Å². The van der Waals surface area contributed by atoms with Crippen LogP contribution in [0.4, 0.5) is 0 Å².